The number of benzene rings is 1. The number of carbonyl (C=O) groups is 2. The number of rotatable bonds is 6. The van der Waals surface area contributed by atoms with E-state index in [2.05, 4.69) is 20.5 Å². The van der Waals surface area contributed by atoms with Gasteiger partial charge in [-0.2, -0.15) is 18.3 Å². The van der Waals surface area contributed by atoms with Crippen LogP contribution in [-0.2, 0) is 10.9 Å². The number of likely N-dealkylation sites (tertiary alicyclic amines) is 1. The molecular formula is C26H28F3N5O4S. The summed E-state index contributed by atoms with van der Waals surface area (Å²) in [5.74, 6) is -0.0607. The van der Waals surface area contributed by atoms with Gasteiger partial charge in [-0.25, -0.2) is 9.78 Å². The summed E-state index contributed by atoms with van der Waals surface area (Å²) in [6, 6.07) is 6.30. The normalized spacial score (nSPS) is 14.9. The van der Waals surface area contributed by atoms with E-state index in [9.17, 15) is 22.8 Å². The topological polar surface area (TPSA) is 107 Å². The van der Waals surface area contributed by atoms with Crippen molar-refractivity contribution in [2.45, 2.75) is 58.5 Å². The zero-order valence-electron chi connectivity index (χ0n) is 22.0. The molecule has 3 heterocycles. The van der Waals surface area contributed by atoms with E-state index in [1.165, 1.54) is 22.3 Å². The van der Waals surface area contributed by atoms with Crippen LogP contribution in [0.4, 0.5) is 18.0 Å². The van der Waals surface area contributed by atoms with Gasteiger partial charge < -0.3 is 19.7 Å². The first-order valence-electron chi connectivity index (χ1n) is 12.1. The number of halogens is 3. The van der Waals surface area contributed by atoms with Crippen LogP contribution in [0.25, 0.3) is 10.6 Å². The molecule has 0 spiro atoms. The maximum Gasteiger partial charge on any atom is 0.435 e. The minimum Gasteiger partial charge on any atom is -0.487 e. The molecule has 1 N–H and O–H groups in total. The molecule has 4 rings (SSSR count). The van der Waals surface area contributed by atoms with E-state index >= 15 is 0 Å². The van der Waals surface area contributed by atoms with Crippen molar-refractivity contribution in [2.75, 3.05) is 13.1 Å². The highest BCUT2D eigenvalue weighted by atomic mass is 32.1. The van der Waals surface area contributed by atoms with Gasteiger partial charge in [-0.1, -0.05) is 0 Å². The third-order valence-corrected chi connectivity index (χ3v) is 6.57. The van der Waals surface area contributed by atoms with Gasteiger partial charge in [-0.15, -0.1) is 16.4 Å². The third kappa shape index (κ3) is 7.22. The Morgan fingerprint density at radius 2 is 1.85 bits per heavy atom. The molecule has 208 valence electrons. The Balaban J connectivity index is 1.49. The second-order valence-corrected chi connectivity index (χ2v) is 11.4. The molecule has 9 nitrogen and oxygen atoms in total. The van der Waals surface area contributed by atoms with Gasteiger partial charge in [0.15, 0.2) is 5.69 Å². The molecule has 2 amide bonds. The summed E-state index contributed by atoms with van der Waals surface area (Å²) in [6.07, 6.45) is -3.59. The van der Waals surface area contributed by atoms with E-state index in [0.717, 1.165) is 10.9 Å². The Hall–Kier alpha value is -3.74. The second-order valence-electron chi connectivity index (χ2n) is 10.2. The highest BCUT2D eigenvalue weighted by molar-refractivity contribution is 7.14. The molecule has 1 saturated heterocycles. The van der Waals surface area contributed by atoms with Gasteiger partial charge in [0.1, 0.15) is 22.5 Å². The number of carbonyl (C=O) groups excluding carboxylic acids is 2. The summed E-state index contributed by atoms with van der Waals surface area (Å²) in [4.78, 5) is 32.3. The van der Waals surface area contributed by atoms with Crippen molar-refractivity contribution in [3.05, 3.63) is 58.4 Å². The van der Waals surface area contributed by atoms with E-state index in [4.69, 9.17) is 9.47 Å². The fourth-order valence-corrected chi connectivity index (χ4v) is 4.42. The number of amides is 2. The molecule has 1 aromatic carbocycles. The van der Waals surface area contributed by atoms with Gasteiger partial charge in [0.2, 0.25) is 0 Å². The monoisotopic (exact) mass is 563 g/mol. The van der Waals surface area contributed by atoms with E-state index < -0.39 is 35.5 Å². The van der Waals surface area contributed by atoms with Crippen LogP contribution in [0.5, 0.6) is 5.75 Å². The highest BCUT2D eigenvalue weighted by Gasteiger charge is 2.35. The predicted molar refractivity (Wildman–Crippen MR) is 137 cm³/mol. The number of aryl methyl sites for hydroxylation is 1. The summed E-state index contributed by atoms with van der Waals surface area (Å²) in [7, 11) is 0. The average Bonchev–Trinajstić information content (AvgIpc) is 3.25. The van der Waals surface area contributed by atoms with Gasteiger partial charge >= 0.3 is 12.3 Å². The van der Waals surface area contributed by atoms with E-state index in [0.29, 0.717) is 29.4 Å². The quantitative estimate of drug-likeness (QED) is 0.427. The van der Waals surface area contributed by atoms with Gasteiger partial charge in [-0.3, -0.25) is 4.79 Å². The molecule has 2 aromatic heterocycles. The smallest absolute Gasteiger partial charge is 0.435 e. The molecular weight excluding hydrogens is 535 g/mol. The highest BCUT2D eigenvalue weighted by Crippen LogP contribution is 2.31. The number of ether oxygens (including phenoxy) is 2. The Labute approximate surface area is 227 Å². The van der Waals surface area contributed by atoms with Crippen LogP contribution in [0.1, 0.15) is 60.4 Å². The SMILES string of the molecule is Cc1cnc(-c2cc(OC3CN(C(=O)OC(C)(C)C)C3)cc(C(=O)NC(C)c3ccc(C(F)(F)F)nn3)c2)s1. The van der Waals surface area contributed by atoms with Gasteiger partial charge in [0, 0.05) is 22.2 Å². The van der Waals surface area contributed by atoms with Crippen molar-refractivity contribution >= 4 is 23.3 Å². The van der Waals surface area contributed by atoms with Crippen LogP contribution in [0.15, 0.2) is 36.5 Å². The van der Waals surface area contributed by atoms with Crippen LogP contribution >= 0.6 is 11.3 Å². The number of nitrogens with zero attached hydrogens (tertiary/aromatic N) is 4. The molecule has 39 heavy (non-hydrogen) atoms. The standard InChI is InChI=1S/C26H28F3N5O4S/c1-14-11-30-23(39-14)17-8-16(22(35)31-15(2)20-6-7-21(33-32-20)26(27,28)29)9-18(10-17)37-19-12-34(13-19)24(36)38-25(3,4)5/h6-11,15,19H,12-13H2,1-5H3,(H,31,35). The molecule has 1 aliphatic rings. The molecule has 0 radical (unpaired) electrons. The second kappa shape index (κ2) is 10.8. The average molecular weight is 564 g/mol. The lowest BCUT2D eigenvalue weighted by Crippen LogP contribution is -2.57. The lowest BCUT2D eigenvalue weighted by Gasteiger charge is -2.39. The van der Waals surface area contributed by atoms with Crippen LogP contribution in [0, 0.1) is 6.92 Å². The Bertz CT molecular complexity index is 1350. The zero-order valence-corrected chi connectivity index (χ0v) is 22.8. The fraction of sp³-hybridized carbons (Fsp3) is 0.423. The lowest BCUT2D eigenvalue weighted by molar-refractivity contribution is -0.141. The maximum absolute atomic E-state index is 13.2. The molecule has 3 aromatic rings. The maximum atomic E-state index is 13.2. The number of hydrogen-bond acceptors (Lipinski definition) is 8. The predicted octanol–water partition coefficient (Wildman–Crippen LogP) is 5.42. The van der Waals surface area contributed by atoms with Crippen LogP contribution < -0.4 is 10.1 Å². The molecule has 1 aliphatic heterocycles. The molecule has 13 heteroatoms. The summed E-state index contributed by atoms with van der Waals surface area (Å²) in [5.41, 5.74) is -0.601. The van der Waals surface area contributed by atoms with Crippen LogP contribution in [-0.4, -0.2) is 56.9 Å². The van der Waals surface area contributed by atoms with Gasteiger partial charge in [0.25, 0.3) is 5.91 Å². The van der Waals surface area contributed by atoms with Gasteiger partial charge in [-0.05, 0) is 65.0 Å². The molecule has 0 bridgehead atoms. The van der Waals surface area contributed by atoms with Crippen LogP contribution in [0.3, 0.4) is 0 Å². The number of thiazole rings is 1. The Kier molecular flexibility index (Phi) is 7.82. The Morgan fingerprint density at radius 1 is 1.13 bits per heavy atom. The van der Waals surface area contributed by atoms with E-state index in [-0.39, 0.29) is 17.4 Å². The van der Waals surface area contributed by atoms with Crippen molar-refractivity contribution in [2.24, 2.45) is 0 Å². The first kappa shape index (κ1) is 28.3. The van der Waals surface area contributed by atoms with Crippen LogP contribution in [0.2, 0.25) is 0 Å². The van der Waals surface area contributed by atoms with Crippen molar-refractivity contribution in [3.63, 3.8) is 0 Å². The van der Waals surface area contributed by atoms with E-state index in [1.54, 1.807) is 52.1 Å². The number of aromatic nitrogens is 3. The number of nitrogens with one attached hydrogen (secondary N) is 1. The largest absolute Gasteiger partial charge is 0.487 e. The van der Waals surface area contributed by atoms with Crippen molar-refractivity contribution in [3.8, 4) is 16.3 Å². The van der Waals surface area contributed by atoms with E-state index in [1.807, 2.05) is 6.92 Å². The minimum atomic E-state index is -4.60. The first-order chi connectivity index (χ1) is 18.2. The molecule has 1 fully saturated rings. The molecule has 0 aliphatic carbocycles. The minimum absolute atomic E-state index is 0.177. The van der Waals surface area contributed by atoms with Gasteiger partial charge in [0.05, 0.1) is 24.8 Å². The first-order valence-corrected chi connectivity index (χ1v) is 12.9. The zero-order chi connectivity index (χ0) is 28.5. The summed E-state index contributed by atoms with van der Waals surface area (Å²) in [5, 5.41) is 10.3. The third-order valence-electron chi connectivity index (χ3n) is 5.61. The molecule has 1 unspecified atom stereocenters. The summed E-state index contributed by atoms with van der Waals surface area (Å²) < 4.78 is 49.9. The number of alkyl halides is 3. The van der Waals surface area contributed by atoms with Crippen molar-refractivity contribution in [1.82, 2.24) is 25.4 Å². The molecule has 1 atom stereocenters. The van der Waals surface area contributed by atoms with Crippen molar-refractivity contribution < 1.29 is 32.2 Å². The number of hydrogen-bond donors (Lipinski definition) is 1. The van der Waals surface area contributed by atoms with Crippen molar-refractivity contribution in [1.29, 1.82) is 0 Å². The fourth-order valence-electron chi connectivity index (χ4n) is 3.67. The summed E-state index contributed by atoms with van der Waals surface area (Å²) in [6.45, 7) is 9.56. The lowest BCUT2D eigenvalue weighted by atomic mass is 10.1. The Morgan fingerprint density at radius 3 is 2.41 bits per heavy atom. The molecule has 0 saturated carbocycles. The summed E-state index contributed by atoms with van der Waals surface area (Å²) >= 11 is 1.45.